The van der Waals surface area contributed by atoms with Gasteiger partial charge in [-0.1, -0.05) is 0 Å². The third kappa shape index (κ3) is 4.74. The molecule has 2 amide bonds. The second-order valence-corrected chi connectivity index (χ2v) is 8.51. The van der Waals surface area contributed by atoms with E-state index in [0.29, 0.717) is 49.8 Å². The fourth-order valence-corrected chi connectivity index (χ4v) is 4.32. The maximum absolute atomic E-state index is 13.0. The Hall–Kier alpha value is -4.34. The molecule has 1 aliphatic rings. The lowest BCUT2D eigenvalue weighted by atomic mass is 10.1. The summed E-state index contributed by atoms with van der Waals surface area (Å²) in [6, 6.07) is 12.6. The summed E-state index contributed by atoms with van der Waals surface area (Å²) in [7, 11) is 0. The van der Waals surface area contributed by atoms with E-state index < -0.39 is 0 Å². The summed E-state index contributed by atoms with van der Waals surface area (Å²) in [5.74, 6) is 0.866. The van der Waals surface area contributed by atoms with Crippen LogP contribution in [0.3, 0.4) is 0 Å². The van der Waals surface area contributed by atoms with E-state index in [1.165, 1.54) is 10.8 Å². The van der Waals surface area contributed by atoms with Crippen LogP contribution in [0.2, 0.25) is 0 Å². The Kier molecular flexibility index (Phi) is 6.57. The van der Waals surface area contributed by atoms with E-state index in [9.17, 15) is 14.4 Å². The molecule has 1 aliphatic heterocycles. The van der Waals surface area contributed by atoms with Crippen molar-refractivity contribution in [2.24, 2.45) is 0 Å². The number of carbonyl (C=O) groups excluding carboxylic acids is 2. The van der Waals surface area contributed by atoms with Crippen LogP contribution in [0.5, 0.6) is 5.75 Å². The Morgan fingerprint density at radius 1 is 1.03 bits per heavy atom. The van der Waals surface area contributed by atoms with Gasteiger partial charge in [-0.15, -0.1) is 0 Å². The molecule has 0 saturated carbocycles. The number of amides is 2. The van der Waals surface area contributed by atoms with E-state index in [4.69, 9.17) is 9.15 Å². The maximum atomic E-state index is 13.0. The first-order chi connectivity index (χ1) is 17.5. The Balaban J connectivity index is 1.20. The van der Waals surface area contributed by atoms with Crippen molar-refractivity contribution in [3.05, 3.63) is 77.2 Å². The summed E-state index contributed by atoms with van der Waals surface area (Å²) in [5, 5.41) is 4.52. The molecule has 0 N–H and O–H groups in total. The molecule has 5 rings (SSSR count). The van der Waals surface area contributed by atoms with E-state index in [1.807, 2.05) is 31.2 Å². The zero-order valence-corrected chi connectivity index (χ0v) is 20.0. The van der Waals surface area contributed by atoms with Crippen LogP contribution in [-0.4, -0.2) is 68.6 Å². The standard InChI is InChI=1S/C26H27N5O5/c1-2-35-20-7-5-19(6-8-20)21-18-22-25(33)29(15-16-31(22)27-21)10-9-24(32)28-11-13-30(14-12-28)26(34)23-4-3-17-36-23/h3-8,15-18H,2,9-14H2,1H3. The molecule has 4 heterocycles. The van der Waals surface area contributed by atoms with Crippen molar-refractivity contribution in [3.63, 3.8) is 0 Å². The van der Waals surface area contributed by atoms with Gasteiger partial charge in [-0.05, 0) is 49.4 Å². The zero-order valence-electron chi connectivity index (χ0n) is 20.0. The van der Waals surface area contributed by atoms with Crippen LogP contribution in [0.25, 0.3) is 16.8 Å². The number of aryl methyl sites for hydroxylation is 1. The van der Waals surface area contributed by atoms with Gasteiger partial charge in [0.05, 0.1) is 18.6 Å². The molecular formula is C26H27N5O5. The van der Waals surface area contributed by atoms with Gasteiger partial charge < -0.3 is 23.5 Å². The summed E-state index contributed by atoms with van der Waals surface area (Å²) in [4.78, 5) is 41.6. The number of hydrogen-bond donors (Lipinski definition) is 0. The van der Waals surface area contributed by atoms with Crippen molar-refractivity contribution in [1.29, 1.82) is 0 Å². The summed E-state index contributed by atoms with van der Waals surface area (Å²) in [6.07, 6.45) is 5.04. The number of rotatable bonds is 7. The molecule has 1 saturated heterocycles. The van der Waals surface area contributed by atoms with Crippen LogP contribution in [0.4, 0.5) is 0 Å². The summed E-state index contributed by atoms with van der Waals surface area (Å²) in [5.41, 5.74) is 1.81. The van der Waals surface area contributed by atoms with Crippen molar-refractivity contribution >= 4 is 17.3 Å². The van der Waals surface area contributed by atoms with Crippen LogP contribution in [0, 0.1) is 0 Å². The number of nitrogens with zero attached hydrogens (tertiary/aromatic N) is 5. The van der Waals surface area contributed by atoms with E-state index in [1.54, 1.807) is 44.9 Å². The number of furan rings is 1. The topological polar surface area (TPSA) is 102 Å². The monoisotopic (exact) mass is 489 g/mol. The molecule has 0 spiro atoms. The molecular weight excluding hydrogens is 462 g/mol. The third-order valence-corrected chi connectivity index (χ3v) is 6.28. The number of aromatic nitrogens is 3. The molecule has 36 heavy (non-hydrogen) atoms. The maximum Gasteiger partial charge on any atom is 0.289 e. The molecule has 186 valence electrons. The third-order valence-electron chi connectivity index (χ3n) is 6.28. The molecule has 1 fully saturated rings. The van der Waals surface area contributed by atoms with Crippen LogP contribution >= 0.6 is 0 Å². The number of ether oxygens (including phenoxy) is 1. The second kappa shape index (κ2) is 10.1. The van der Waals surface area contributed by atoms with Crippen LogP contribution in [-0.2, 0) is 11.3 Å². The number of carbonyl (C=O) groups is 2. The highest BCUT2D eigenvalue weighted by Crippen LogP contribution is 2.22. The molecule has 0 radical (unpaired) electrons. The molecule has 4 aromatic rings. The number of fused-ring (bicyclic) bond motifs is 1. The van der Waals surface area contributed by atoms with Crippen molar-refractivity contribution in [1.82, 2.24) is 24.0 Å². The lowest BCUT2D eigenvalue weighted by Gasteiger charge is -2.34. The minimum Gasteiger partial charge on any atom is -0.494 e. The van der Waals surface area contributed by atoms with Gasteiger partial charge in [-0.25, -0.2) is 4.52 Å². The highest BCUT2D eigenvalue weighted by atomic mass is 16.5. The largest absolute Gasteiger partial charge is 0.494 e. The fourth-order valence-electron chi connectivity index (χ4n) is 4.32. The molecule has 0 aliphatic carbocycles. The molecule has 0 bridgehead atoms. The van der Waals surface area contributed by atoms with Crippen LogP contribution in [0.1, 0.15) is 23.9 Å². The number of hydrogen-bond acceptors (Lipinski definition) is 6. The SMILES string of the molecule is CCOc1ccc(-c2cc3c(=O)n(CCC(=O)N4CCN(C(=O)c5ccco5)CC4)ccn3n2)cc1. The predicted molar refractivity (Wildman–Crippen MR) is 132 cm³/mol. The fraction of sp³-hybridized carbons (Fsp3) is 0.308. The number of piperazine rings is 1. The van der Waals surface area contributed by atoms with Gasteiger partial charge in [0.15, 0.2) is 5.76 Å². The van der Waals surface area contributed by atoms with Gasteiger partial charge in [0.2, 0.25) is 5.91 Å². The van der Waals surface area contributed by atoms with Crippen molar-refractivity contribution in [2.75, 3.05) is 32.8 Å². The van der Waals surface area contributed by atoms with E-state index >= 15 is 0 Å². The minimum absolute atomic E-state index is 0.0459. The molecule has 0 atom stereocenters. The summed E-state index contributed by atoms with van der Waals surface area (Å²) < 4.78 is 13.7. The molecule has 10 nitrogen and oxygen atoms in total. The lowest BCUT2D eigenvalue weighted by molar-refractivity contribution is -0.132. The Morgan fingerprint density at radius 2 is 1.78 bits per heavy atom. The lowest BCUT2D eigenvalue weighted by Crippen LogP contribution is -2.50. The summed E-state index contributed by atoms with van der Waals surface area (Å²) in [6.45, 7) is 4.59. The Morgan fingerprint density at radius 3 is 2.47 bits per heavy atom. The smallest absolute Gasteiger partial charge is 0.289 e. The van der Waals surface area contributed by atoms with Gasteiger partial charge in [0.25, 0.3) is 11.5 Å². The van der Waals surface area contributed by atoms with Gasteiger partial charge in [-0.3, -0.25) is 14.4 Å². The second-order valence-electron chi connectivity index (χ2n) is 8.51. The number of benzene rings is 1. The molecule has 10 heteroatoms. The van der Waals surface area contributed by atoms with Gasteiger partial charge in [-0.2, -0.15) is 5.10 Å². The highest BCUT2D eigenvalue weighted by molar-refractivity contribution is 5.91. The van der Waals surface area contributed by atoms with Gasteiger partial charge in [0, 0.05) is 57.1 Å². The summed E-state index contributed by atoms with van der Waals surface area (Å²) >= 11 is 0. The van der Waals surface area contributed by atoms with Crippen molar-refractivity contribution in [2.45, 2.75) is 19.9 Å². The molecule has 0 unspecified atom stereocenters. The first-order valence-corrected chi connectivity index (χ1v) is 12.0. The van der Waals surface area contributed by atoms with E-state index in [2.05, 4.69) is 5.10 Å². The van der Waals surface area contributed by atoms with E-state index in [0.717, 1.165) is 11.3 Å². The first-order valence-electron chi connectivity index (χ1n) is 12.0. The van der Waals surface area contributed by atoms with Crippen LogP contribution < -0.4 is 10.3 Å². The normalized spacial score (nSPS) is 13.8. The van der Waals surface area contributed by atoms with Gasteiger partial charge in [0.1, 0.15) is 11.3 Å². The highest BCUT2D eigenvalue weighted by Gasteiger charge is 2.26. The van der Waals surface area contributed by atoms with Crippen molar-refractivity contribution in [3.8, 4) is 17.0 Å². The minimum atomic E-state index is -0.205. The van der Waals surface area contributed by atoms with Gasteiger partial charge >= 0.3 is 0 Å². The van der Waals surface area contributed by atoms with Crippen LogP contribution in [0.15, 0.2) is 70.3 Å². The zero-order chi connectivity index (χ0) is 25.1. The predicted octanol–water partition coefficient (Wildman–Crippen LogP) is 2.53. The average Bonchev–Trinajstić information content (AvgIpc) is 3.60. The van der Waals surface area contributed by atoms with Crippen molar-refractivity contribution < 1.29 is 18.7 Å². The Bertz CT molecular complexity index is 1410. The molecule has 3 aromatic heterocycles. The average molecular weight is 490 g/mol. The quantitative estimate of drug-likeness (QED) is 0.395. The van der Waals surface area contributed by atoms with E-state index in [-0.39, 0.29) is 30.3 Å². The molecule has 1 aromatic carbocycles. The Labute approximate surface area is 207 Å². The first kappa shape index (κ1) is 23.4.